The number of pyridine rings is 1. The molecule has 4 heterocycles. The molecule has 3 aromatic rings. The van der Waals surface area contributed by atoms with E-state index in [1.54, 1.807) is 16.7 Å². The molecule has 1 aliphatic heterocycles. The first-order valence-electron chi connectivity index (χ1n) is 9.96. The quantitative estimate of drug-likeness (QED) is 0.718. The Morgan fingerprint density at radius 2 is 2.04 bits per heavy atom. The van der Waals surface area contributed by atoms with Gasteiger partial charge in [0.15, 0.2) is 0 Å². The lowest BCUT2D eigenvalue weighted by Crippen LogP contribution is -2.27. The van der Waals surface area contributed by atoms with Crippen molar-refractivity contribution >= 4 is 5.65 Å². The molecule has 0 unspecified atom stereocenters. The van der Waals surface area contributed by atoms with E-state index in [-0.39, 0.29) is 5.56 Å². The third-order valence-corrected chi connectivity index (χ3v) is 6.06. The average Bonchev–Trinajstić information content (AvgIpc) is 3.26. The summed E-state index contributed by atoms with van der Waals surface area (Å²) in [6.07, 6.45) is 8.83. The third-order valence-electron chi connectivity index (χ3n) is 6.06. The Morgan fingerprint density at radius 1 is 1.15 bits per heavy atom. The fraction of sp³-hybridized carbons (Fsp3) is 0.476. The molecule has 1 atom stereocenters. The number of hydrogen-bond donors (Lipinski definition) is 0. The first-order valence-corrected chi connectivity index (χ1v) is 9.96. The molecule has 0 amide bonds. The summed E-state index contributed by atoms with van der Waals surface area (Å²) in [7, 11) is 2.17. The molecule has 6 heteroatoms. The molecule has 5 rings (SSSR count). The van der Waals surface area contributed by atoms with Crippen molar-refractivity contribution in [3.63, 3.8) is 0 Å². The van der Waals surface area contributed by atoms with E-state index in [4.69, 9.17) is 9.97 Å². The van der Waals surface area contributed by atoms with Crippen molar-refractivity contribution in [2.75, 3.05) is 6.54 Å². The van der Waals surface area contributed by atoms with Crippen molar-refractivity contribution in [2.24, 2.45) is 7.05 Å². The van der Waals surface area contributed by atoms with Gasteiger partial charge in [-0.25, -0.2) is 9.97 Å². The normalized spacial score (nSPS) is 20.3. The predicted molar refractivity (Wildman–Crippen MR) is 104 cm³/mol. The van der Waals surface area contributed by atoms with Gasteiger partial charge in [0.1, 0.15) is 11.5 Å². The minimum atomic E-state index is -0.0150. The maximum atomic E-state index is 12.4. The van der Waals surface area contributed by atoms with Crippen molar-refractivity contribution in [2.45, 2.75) is 51.1 Å². The molecule has 0 radical (unpaired) electrons. The van der Waals surface area contributed by atoms with E-state index in [0.29, 0.717) is 18.2 Å². The van der Waals surface area contributed by atoms with Crippen LogP contribution < -0.4 is 5.56 Å². The highest BCUT2D eigenvalue weighted by Gasteiger charge is 2.31. The predicted octanol–water partition coefficient (Wildman–Crippen LogP) is 2.64. The van der Waals surface area contributed by atoms with Gasteiger partial charge in [-0.05, 0) is 57.2 Å². The number of hydrogen-bond acceptors (Lipinski definition) is 4. The van der Waals surface area contributed by atoms with Crippen LogP contribution in [0.5, 0.6) is 0 Å². The van der Waals surface area contributed by atoms with E-state index in [1.807, 2.05) is 18.2 Å². The second kappa shape index (κ2) is 6.60. The van der Waals surface area contributed by atoms with Gasteiger partial charge in [0.2, 0.25) is 0 Å². The summed E-state index contributed by atoms with van der Waals surface area (Å²) in [4.78, 5) is 24.6. The highest BCUT2D eigenvalue weighted by atomic mass is 16.1. The molecule has 1 fully saturated rings. The van der Waals surface area contributed by atoms with Crippen molar-refractivity contribution in [1.29, 1.82) is 0 Å². The number of imidazole rings is 1. The zero-order valence-electron chi connectivity index (χ0n) is 15.8. The second-order valence-corrected chi connectivity index (χ2v) is 7.77. The van der Waals surface area contributed by atoms with E-state index < -0.39 is 0 Å². The maximum absolute atomic E-state index is 12.4. The molecular weight excluding hydrogens is 338 g/mol. The Kier molecular flexibility index (Phi) is 4.08. The van der Waals surface area contributed by atoms with Crippen LogP contribution in [0.3, 0.4) is 0 Å². The zero-order chi connectivity index (χ0) is 18.4. The summed E-state index contributed by atoms with van der Waals surface area (Å²) in [5, 5.41) is 0. The second-order valence-electron chi connectivity index (χ2n) is 7.77. The Bertz CT molecular complexity index is 1050. The number of aryl methyl sites for hydroxylation is 1. The van der Waals surface area contributed by atoms with Crippen LogP contribution in [0.15, 0.2) is 35.3 Å². The van der Waals surface area contributed by atoms with E-state index in [9.17, 15) is 4.79 Å². The average molecular weight is 363 g/mol. The summed E-state index contributed by atoms with van der Waals surface area (Å²) < 4.78 is 3.93. The molecule has 0 bridgehead atoms. The lowest BCUT2D eigenvalue weighted by molar-refractivity contribution is 0.233. The van der Waals surface area contributed by atoms with Gasteiger partial charge in [-0.3, -0.25) is 14.1 Å². The summed E-state index contributed by atoms with van der Waals surface area (Å²) in [5.74, 6) is 1.19. The van der Waals surface area contributed by atoms with Crippen LogP contribution in [-0.4, -0.2) is 30.4 Å². The van der Waals surface area contributed by atoms with E-state index in [2.05, 4.69) is 16.5 Å². The number of aromatic nitrogens is 4. The van der Waals surface area contributed by atoms with Crippen molar-refractivity contribution in [3.8, 4) is 0 Å². The molecule has 3 aromatic heterocycles. The van der Waals surface area contributed by atoms with Crippen LogP contribution >= 0.6 is 0 Å². The van der Waals surface area contributed by atoms with Crippen molar-refractivity contribution < 1.29 is 0 Å². The van der Waals surface area contributed by atoms with Crippen LogP contribution in [0.25, 0.3) is 5.65 Å². The van der Waals surface area contributed by atoms with Crippen molar-refractivity contribution in [3.05, 3.63) is 63.7 Å². The van der Waals surface area contributed by atoms with Gasteiger partial charge >= 0.3 is 0 Å². The Labute approximate surface area is 158 Å². The maximum Gasteiger partial charge on any atom is 0.258 e. The zero-order valence-corrected chi connectivity index (χ0v) is 15.8. The van der Waals surface area contributed by atoms with E-state index in [0.717, 1.165) is 37.9 Å². The lowest BCUT2D eigenvalue weighted by atomic mass is 10.0. The standard InChI is InChI=1S/C21H25N5O/c1-24-17-8-3-2-7-16(17)23-21(24)18-9-6-11-25(18)14-15-13-20(27)26-12-5-4-10-19(26)22-15/h4-5,10,12-13,18H,2-3,6-9,11,14H2,1H3/t18-/m0/s1. The molecule has 27 heavy (non-hydrogen) atoms. The van der Waals surface area contributed by atoms with Gasteiger partial charge in [-0.1, -0.05) is 6.07 Å². The molecular formula is C21H25N5O. The molecule has 6 nitrogen and oxygen atoms in total. The van der Waals surface area contributed by atoms with Gasteiger partial charge in [0.05, 0.1) is 17.4 Å². The van der Waals surface area contributed by atoms with Crippen molar-refractivity contribution in [1.82, 2.24) is 23.8 Å². The smallest absolute Gasteiger partial charge is 0.258 e. The van der Waals surface area contributed by atoms with Crippen LogP contribution in [0.1, 0.15) is 54.6 Å². The SMILES string of the molecule is Cn1c([C@@H]2CCCN2Cc2cc(=O)n3ccccc3n2)nc2c1CCCC2. The Balaban J connectivity index is 1.46. The third kappa shape index (κ3) is 2.88. The first kappa shape index (κ1) is 16.7. The van der Waals surface area contributed by atoms with E-state index in [1.165, 1.54) is 30.1 Å². The first-order chi connectivity index (χ1) is 13.2. The lowest BCUT2D eigenvalue weighted by Gasteiger charge is -2.24. The summed E-state index contributed by atoms with van der Waals surface area (Å²) >= 11 is 0. The highest BCUT2D eigenvalue weighted by molar-refractivity contribution is 5.38. The Morgan fingerprint density at radius 3 is 2.93 bits per heavy atom. The monoisotopic (exact) mass is 363 g/mol. The van der Waals surface area contributed by atoms with Gasteiger partial charge < -0.3 is 4.57 Å². The number of likely N-dealkylation sites (tertiary alicyclic amines) is 1. The van der Waals surface area contributed by atoms with Crippen LogP contribution in [0.2, 0.25) is 0 Å². The molecule has 0 saturated carbocycles. The number of nitrogens with zero attached hydrogens (tertiary/aromatic N) is 5. The van der Waals surface area contributed by atoms with E-state index >= 15 is 0 Å². The van der Waals surface area contributed by atoms with Crippen LogP contribution in [0, 0.1) is 0 Å². The Hall–Kier alpha value is -2.47. The van der Waals surface area contributed by atoms with Crippen LogP contribution in [0.4, 0.5) is 0 Å². The minimum Gasteiger partial charge on any atom is -0.334 e. The summed E-state index contributed by atoms with van der Waals surface area (Å²) in [6.45, 7) is 1.72. The van der Waals surface area contributed by atoms with Crippen LogP contribution in [-0.2, 0) is 26.4 Å². The fourth-order valence-electron chi connectivity index (χ4n) is 4.70. The molecule has 140 valence electrons. The summed E-state index contributed by atoms with van der Waals surface area (Å²) in [5.41, 5.74) is 4.26. The minimum absolute atomic E-state index is 0.0150. The molecule has 2 aliphatic rings. The van der Waals surface area contributed by atoms with Gasteiger partial charge in [-0.2, -0.15) is 0 Å². The topological polar surface area (TPSA) is 55.4 Å². The molecule has 0 N–H and O–H groups in total. The molecule has 1 aliphatic carbocycles. The number of fused-ring (bicyclic) bond motifs is 2. The molecule has 0 spiro atoms. The highest BCUT2D eigenvalue weighted by Crippen LogP contribution is 2.34. The van der Waals surface area contributed by atoms with Gasteiger partial charge in [-0.15, -0.1) is 0 Å². The number of rotatable bonds is 3. The fourth-order valence-corrected chi connectivity index (χ4v) is 4.70. The molecule has 1 saturated heterocycles. The molecule has 0 aromatic carbocycles. The largest absolute Gasteiger partial charge is 0.334 e. The summed E-state index contributed by atoms with van der Waals surface area (Å²) in [6, 6.07) is 7.65. The van der Waals surface area contributed by atoms with Gasteiger partial charge in [0, 0.05) is 31.5 Å². The van der Waals surface area contributed by atoms with Gasteiger partial charge in [0.25, 0.3) is 5.56 Å².